The molecule has 4 amide bonds. The maximum absolute atomic E-state index is 15.2. The van der Waals surface area contributed by atoms with Crippen molar-refractivity contribution >= 4 is 46.6 Å². The average molecular weight is 814 g/mol. The molecule has 1 unspecified atom stereocenters. The molecular formula is C43H53F2N9O5. The van der Waals surface area contributed by atoms with E-state index < -0.39 is 29.2 Å². The van der Waals surface area contributed by atoms with Gasteiger partial charge in [-0.05, 0) is 88.1 Å². The van der Waals surface area contributed by atoms with Gasteiger partial charge in [-0.1, -0.05) is 12.1 Å². The summed E-state index contributed by atoms with van der Waals surface area (Å²) >= 11 is 0. The molecule has 4 aliphatic heterocycles. The Hall–Kier alpha value is -5.22. The molecule has 314 valence electrons. The van der Waals surface area contributed by atoms with E-state index in [1.54, 1.807) is 29.2 Å². The molecule has 0 spiro atoms. The molecule has 1 saturated carbocycles. The van der Waals surface area contributed by atoms with E-state index in [1.165, 1.54) is 12.3 Å². The van der Waals surface area contributed by atoms with Crippen LogP contribution in [0.1, 0.15) is 70.6 Å². The van der Waals surface area contributed by atoms with E-state index >= 15 is 8.78 Å². The quantitative estimate of drug-likeness (QED) is 0.216. The van der Waals surface area contributed by atoms with Gasteiger partial charge in [-0.2, -0.15) is 0 Å². The summed E-state index contributed by atoms with van der Waals surface area (Å²) in [5.74, 6) is -1.20. The van der Waals surface area contributed by atoms with Crippen molar-refractivity contribution in [1.29, 1.82) is 0 Å². The first-order valence-corrected chi connectivity index (χ1v) is 21.1. The number of likely N-dealkylation sites (tertiary alicyclic amines) is 1. The van der Waals surface area contributed by atoms with Crippen LogP contribution in [0.3, 0.4) is 0 Å². The third-order valence-corrected chi connectivity index (χ3v) is 12.7. The number of rotatable bonds is 10. The van der Waals surface area contributed by atoms with Crippen molar-refractivity contribution in [2.45, 2.75) is 88.3 Å². The molecule has 0 bridgehead atoms. The minimum absolute atomic E-state index is 0.0411. The molecule has 3 aromatic rings. The number of benzene rings is 2. The van der Waals surface area contributed by atoms with Gasteiger partial charge in [-0.25, -0.2) is 18.7 Å². The second-order valence-corrected chi connectivity index (χ2v) is 16.8. The van der Waals surface area contributed by atoms with Crippen molar-refractivity contribution in [1.82, 2.24) is 25.1 Å². The molecule has 1 aliphatic carbocycles. The standard InChI is InChI=1S/C43H53F2N9O5/c44-33-25-31(47-35-12-14-37(55)49-40(35)57)11-13-36(33)52-22-20-51(21-23-52)27-43(59)15-18-53(19-16-43)41(58)28-7-9-30(10-8-28)48-42-46-26-34(45)39(50-42)29-4-3-5-32(24-29)54-17-2-1-6-38(54)56/h3-5,11,13,24-26,28,30,35,47,59H,1-2,6-10,12,14-23,27H2,(H,46,48,50)(H,49,55,57)/t28-,30-,35?. The highest BCUT2D eigenvalue weighted by Gasteiger charge is 2.39. The smallest absolute Gasteiger partial charge is 0.249 e. The zero-order chi connectivity index (χ0) is 41.1. The third-order valence-electron chi connectivity index (χ3n) is 12.7. The van der Waals surface area contributed by atoms with Gasteiger partial charge in [0.25, 0.3) is 0 Å². The van der Waals surface area contributed by atoms with Crippen LogP contribution < -0.4 is 25.8 Å². The minimum Gasteiger partial charge on any atom is -0.388 e. The number of piperidine rings is 3. The van der Waals surface area contributed by atoms with Gasteiger partial charge < -0.3 is 30.4 Å². The summed E-state index contributed by atoms with van der Waals surface area (Å²) in [4.78, 5) is 66.2. The van der Waals surface area contributed by atoms with Crippen molar-refractivity contribution < 1.29 is 33.1 Å². The lowest BCUT2D eigenvalue weighted by molar-refractivity contribution is -0.141. The number of nitrogens with zero attached hydrogens (tertiary/aromatic N) is 6. The van der Waals surface area contributed by atoms with E-state index in [0.29, 0.717) is 114 Å². The van der Waals surface area contributed by atoms with Crippen LogP contribution in [-0.4, -0.2) is 119 Å². The number of anilines is 4. The number of hydrogen-bond donors (Lipinski definition) is 4. The van der Waals surface area contributed by atoms with Crippen LogP contribution in [0.4, 0.5) is 31.8 Å². The lowest BCUT2D eigenvalue weighted by atomic mass is 9.84. The summed E-state index contributed by atoms with van der Waals surface area (Å²) in [6.45, 7) is 4.65. The molecule has 8 rings (SSSR count). The number of aromatic nitrogens is 2. The molecule has 16 heteroatoms. The van der Waals surface area contributed by atoms with E-state index in [1.807, 2.05) is 21.9 Å². The van der Waals surface area contributed by atoms with Crippen LogP contribution in [0.5, 0.6) is 0 Å². The first-order chi connectivity index (χ1) is 28.5. The normalized spacial score (nSPS) is 24.2. The summed E-state index contributed by atoms with van der Waals surface area (Å²) < 4.78 is 30.2. The van der Waals surface area contributed by atoms with E-state index in [9.17, 15) is 24.3 Å². The van der Waals surface area contributed by atoms with Crippen LogP contribution in [0, 0.1) is 17.6 Å². The first kappa shape index (κ1) is 40.6. The van der Waals surface area contributed by atoms with E-state index in [0.717, 1.165) is 31.4 Å². The predicted molar refractivity (Wildman–Crippen MR) is 219 cm³/mol. The Kier molecular flexibility index (Phi) is 12.1. The highest BCUT2D eigenvalue weighted by Crippen LogP contribution is 2.33. The fourth-order valence-corrected chi connectivity index (χ4v) is 9.21. The van der Waals surface area contributed by atoms with Crippen molar-refractivity contribution in [3.05, 3.63) is 60.3 Å². The van der Waals surface area contributed by atoms with Crippen LogP contribution in [-0.2, 0) is 19.2 Å². The second kappa shape index (κ2) is 17.6. The highest BCUT2D eigenvalue weighted by molar-refractivity contribution is 6.01. The maximum atomic E-state index is 15.2. The number of hydrogen-bond acceptors (Lipinski definition) is 11. The predicted octanol–water partition coefficient (Wildman–Crippen LogP) is 4.30. The molecule has 5 fully saturated rings. The monoisotopic (exact) mass is 813 g/mol. The summed E-state index contributed by atoms with van der Waals surface area (Å²) in [5, 5.41) is 20.3. The first-order valence-electron chi connectivity index (χ1n) is 21.1. The minimum atomic E-state index is -0.907. The van der Waals surface area contributed by atoms with E-state index in [-0.39, 0.29) is 41.8 Å². The number of β-amino-alcohol motifs (C(OH)–C–C–N with tert-alkyl or cyclic N) is 1. The van der Waals surface area contributed by atoms with Crippen molar-refractivity contribution in [3.8, 4) is 11.3 Å². The topological polar surface area (TPSA) is 163 Å². The summed E-state index contributed by atoms with van der Waals surface area (Å²) in [6, 6.07) is 11.6. The Morgan fingerprint density at radius 1 is 0.864 bits per heavy atom. The Morgan fingerprint density at radius 2 is 1.64 bits per heavy atom. The Balaban J connectivity index is 0.770. The molecule has 4 saturated heterocycles. The van der Waals surface area contributed by atoms with Crippen LogP contribution in [0.2, 0.25) is 0 Å². The van der Waals surface area contributed by atoms with Crippen LogP contribution >= 0.6 is 0 Å². The summed E-state index contributed by atoms with van der Waals surface area (Å²) in [5.41, 5.74) is 1.54. The van der Waals surface area contributed by atoms with Gasteiger partial charge in [0, 0.05) is 94.1 Å². The number of amides is 4. The number of imide groups is 1. The summed E-state index contributed by atoms with van der Waals surface area (Å²) in [7, 11) is 0. The van der Waals surface area contributed by atoms with Crippen LogP contribution in [0.15, 0.2) is 48.7 Å². The summed E-state index contributed by atoms with van der Waals surface area (Å²) in [6.07, 6.45) is 7.99. The Morgan fingerprint density at radius 3 is 2.37 bits per heavy atom. The number of carbonyl (C=O) groups excluding carboxylic acids is 4. The molecule has 59 heavy (non-hydrogen) atoms. The molecule has 1 aromatic heterocycles. The largest absolute Gasteiger partial charge is 0.388 e. The molecule has 4 N–H and O–H groups in total. The number of piperazine rings is 1. The zero-order valence-electron chi connectivity index (χ0n) is 33.3. The van der Waals surface area contributed by atoms with Crippen molar-refractivity contribution in [2.75, 3.05) is 72.8 Å². The Bertz CT molecular complexity index is 2050. The average Bonchev–Trinajstić information content (AvgIpc) is 3.23. The molecule has 0 radical (unpaired) electrons. The number of nitrogens with one attached hydrogen (secondary N) is 3. The van der Waals surface area contributed by atoms with Gasteiger partial charge in [-0.15, -0.1) is 0 Å². The van der Waals surface area contributed by atoms with Gasteiger partial charge in [-0.3, -0.25) is 29.4 Å². The molecule has 5 aliphatic rings. The lowest BCUT2D eigenvalue weighted by Gasteiger charge is -2.44. The Labute approximate surface area is 342 Å². The van der Waals surface area contributed by atoms with E-state index in [2.05, 4.69) is 30.8 Å². The fourth-order valence-electron chi connectivity index (χ4n) is 9.21. The molecule has 1 atom stereocenters. The SMILES string of the molecule is O=C1CCC(Nc2ccc(N3CCN(CC4(O)CCN(C(=O)[C@H]5CC[C@H](Nc6ncc(F)c(-c7cccc(N8CCCCC8=O)c7)n6)CC5)CC4)CC3)c(F)c2)C(=O)N1. The van der Waals surface area contributed by atoms with Crippen molar-refractivity contribution in [3.63, 3.8) is 0 Å². The maximum Gasteiger partial charge on any atom is 0.249 e. The number of carbonyl (C=O) groups is 4. The number of halogens is 2. The molecular weight excluding hydrogens is 761 g/mol. The van der Waals surface area contributed by atoms with Gasteiger partial charge in [0.05, 0.1) is 17.5 Å². The van der Waals surface area contributed by atoms with Crippen LogP contribution in [0.25, 0.3) is 11.3 Å². The lowest BCUT2D eigenvalue weighted by Crippen LogP contribution is -2.56. The van der Waals surface area contributed by atoms with Gasteiger partial charge in [0.2, 0.25) is 29.6 Å². The van der Waals surface area contributed by atoms with Gasteiger partial charge in [0.1, 0.15) is 17.6 Å². The fraction of sp³-hybridized carbons (Fsp3) is 0.535. The third kappa shape index (κ3) is 9.49. The highest BCUT2D eigenvalue weighted by atomic mass is 19.1. The van der Waals surface area contributed by atoms with Crippen molar-refractivity contribution in [2.24, 2.45) is 5.92 Å². The molecule has 5 heterocycles. The van der Waals surface area contributed by atoms with E-state index in [4.69, 9.17) is 0 Å². The zero-order valence-corrected chi connectivity index (χ0v) is 33.3. The number of aliphatic hydroxyl groups is 1. The van der Waals surface area contributed by atoms with Gasteiger partial charge >= 0.3 is 0 Å². The molecule has 14 nitrogen and oxygen atoms in total. The van der Waals surface area contributed by atoms with Gasteiger partial charge in [0.15, 0.2) is 5.82 Å². The molecule has 2 aromatic carbocycles. The second-order valence-electron chi connectivity index (χ2n) is 16.8.